The summed E-state index contributed by atoms with van der Waals surface area (Å²) in [6, 6.07) is 11.1. The van der Waals surface area contributed by atoms with Crippen molar-refractivity contribution in [3.8, 4) is 0 Å². The molecular weight excluding hydrogens is 394 g/mol. The molecule has 1 aromatic carbocycles. The summed E-state index contributed by atoms with van der Waals surface area (Å²) in [7, 11) is 0. The molecule has 1 saturated carbocycles. The molecule has 1 aromatic heterocycles. The lowest BCUT2D eigenvalue weighted by atomic mass is 9.84. The highest BCUT2D eigenvalue weighted by molar-refractivity contribution is 7.91. The fourth-order valence-corrected chi connectivity index (χ4v) is 5.25. The van der Waals surface area contributed by atoms with E-state index < -0.39 is 11.2 Å². The number of benzene rings is 1. The minimum Gasteiger partial charge on any atom is -0.611 e. The van der Waals surface area contributed by atoms with Crippen LogP contribution >= 0.6 is 11.6 Å². The number of amides is 2. The van der Waals surface area contributed by atoms with Crippen LogP contribution < -0.4 is 10.2 Å². The lowest BCUT2D eigenvalue weighted by molar-refractivity contribution is 0.245. The Balaban J connectivity index is 1.47. The van der Waals surface area contributed by atoms with Crippen LogP contribution in [0.1, 0.15) is 43.9 Å². The first-order valence-corrected chi connectivity index (χ1v) is 11.4. The number of halogens is 1. The highest BCUT2D eigenvalue weighted by Crippen LogP contribution is 2.49. The van der Waals surface area contributed by atoms with Crippen molar-refractivity contribution < 1.29 is 9.35 Å². The van der Waals surface area contributed by atoms with E-state index in [1.165, 1.54) is 0 Å². The van der Waals surface area contributed by atoms with E-state index in [1.807, 2.05) is 42.2 Å². The van der Waals surface area contributed by atoms with Crippen LogP contribution in [-0.2, 0) is 23.1 Å². The van der Waals surface area contributed by atoms with Crippen LogP contribution in [0.15, 0.2) is 41.3 Å². The Morgan fingerprint density at radius 3 is 2.64 bits per heavy atom. The molecule has 0 radical (unpaired) electrons. The van der Waals surface area contributed by atoms with Crippen LogP contribution in [-0.4, -0.2) is 27.9 Å². The third-order valence-electron chi connectivity index (χ3n) is 5.79. The predicted molar refractivity (Wildman–Crippen MR) is 112 cm³/mol. The Bertz CT molecular complexity index is 868. The number of anilines is 1. The fraction of sp³-hybridized carbons (Fsp3) is 0.429. The number of aromatic nitrogens is 1. The Hall–Kier alpha value is -1.76. The standard InChI is InChI=1S/C21H24ClN3O2S/c1-2-28(27)16-7-5-15(6-8-16)13-23-20(26)25-14-21(11-3-4-12-21)19-17(25)9-10-18(22)24-19/h5-10H,2-4,11-14H2,1H3,(H,23,26). The van der Waals surface area contributed by atoms with Crippen molar-refractivity contribution in [2.45, 2.75) is 49.5 Å². The van der Waals surface area contributed by atoms with Crippen molar-refractivity contribution in [3.63, 3.8) is 0 Å². The number of urea groups is 1. The van der Waals surface area contributed by atoms with Gasteiger partial charge in [0, 0.05) is 18.5 Å². The summed E-state index contributed by atoms with van der Waals surface area (Å²) in [6.07, 6.45) is 4.42. The van der Waals surface area contributed by atoms with Gasteiger partial charge in [0.2, 0.25) is 0 Å². The van der Waals surface area contributed by atoms with E-state index in [-0.39, 0.29) is 11.4 Å². The summed E-state index contributed by atoms with van der Waals surface area (Å²) in [5.74, 6) is 0.601. The lowest BCUT2D eigenvalue weighted by Gasteiger charge is -2.24. The number of carbonyl (C=O) groups excluding carboxylic acids is 1. The molecule has 2 aliphatic rings. The maximum atomic E-state index is 12.9. The van der Waals surface area contributed by atoms with Crippen molar-refractivity contribution in [3.05, 3.63) is 52.8 Å². The zero-order valence-electron chi connectivity index (χ0n) is 15.9. The number of nitrogens with zero attached hydrogens (tertiary/aromatic N) is 2. The van der Waals surface area contributed by atoms with Crippen molar-refractivity contribution in [1.29, 1.82) is 0 Å². The molecule has 4 rings (SSSR count). The highest BCUT2D eigenvalue weighted by atomic mass is 35.5. The van der Waals surface area contributed by atoms with Gasteiger partial charge in [0.05, 0.1) is 11.4 Å². The van der Waals surface area contributed by atoms with Gasteiger partial charge in [0.15, 0.2) is 4.90 Å². The van der Waals surface area contributed by atoms with E-state index in [9.17, 15) is 9.35 Å². The second-order valence-electron chi connectivity index (χ2n) is 7.51. The number of fused-ring (bicyclic) bond motifs is 2. The molecule has 28 heavy (non-hydrogen) atoms. The van der Waals surface area contributed by atoms with Crippen molar-refractivity contribution in [2.75, 3.05) is 17.2 Å². The zero-order chi connectivity index (χ0) is 19.7. The zero-order valence-corrected chi connectivity index (χ0v) is 17.5. The average Bonchev–Trinajstić information content (AvgIpc) is 3.32. The Labute approximate surface area is 173 Å². The maximum Gasteiger partial charge on any atom is 0.322 e. The molecule has 7 heteroatoms. The summed E-state index contributed by atoms with van der Waals surface area (Å²) in [5.41, 5.74) is 2.77. The van der Waals surface area contributed by atoms with Crippen LogP contribution in [0.25, 0.3) is 0 Å². The normalized spacial score (nSPS) is 18.3. The number of pyridine rings is 1. The minimum absolute atomic E-state index is 0.0521. The number of carbonyl (C=O) groups is 1. The Morgan fingerprint density at radius 2 is 1.96 bits per heavy atom. The quantitative estimate of drug-likeness (QED) is 0.592. The third-order valence-corrected chi connectivity index (χ3v) is 7.32. The first kappa shape index (κ1) is 19.6. The van der Waals surface area contributed by atoms with E-state index in [0.717, 1.165) is 47.5 Å². The molecule has 0 saturated heterocycles. The maximum absolute atomic E-state index is 12.9. The molecule has 1 aliphatic carbocycles. The second kappa shape index (κ2) is 7.93. The first-order valence-electron chi connectivity index (χ1n) is 9.72. The van der Waals surface area contributed by atoms with Gasteiger partial charge in [-0.2, -0.15) is 0 Å². The molecule has 1 atom stereocenters. The number of hydrogen-bond donors (Lipinski definition) is 1. The SMILES string of the molecule is CC[S+]([O-])c1ccc(CNC(=O)N2CC3(CCCC3)c3nc(Cl)ccc32)cc1. The Morgan fingerprint density at radius 1 is 1.25 bits per heavy atom. The smallest absolute Gasteiger partial charge is 0.322 e. The van der Waals surface area contributed by atoms with E-state index in [0.29, 0.717) is 24.0 Å². The Kier molecular flexibility index (Phi) is 5.54. The molecule has 1 unspecified atom stereocenters. The molecule has 0 bridgehead atoms. The van der Waals surface area contributed by atoms with E-state index >= 15 is 0 Å². The molecule has 1 spiro atoms. The lowest BCUT2D eigenvalue weighted by Crippen LogP contribution is -2.41. The van der Waals surface area contributed by atoms with Crippen LogP contribution in [0.3, 0.4) is 0 Å². The number of hydrogen-bond acceptors (Lipinski definition) is 3. The molecule has 2 heterocycles. The summed E-state index contributed by atoms with van der Waals surface area (Å²) in [5, 5.41) is 3.50. The van der Waals surface area contributed by atoms with Gasteiger partial charge in [-0.1, -0.05) is 36.6 Å². The number of nitrogens with one attached hydrogen (secondary N) is 1. The monoisotopic (exact) mass is 417 g/mol. The van der Waals surface area contributed by atoms with Crippen LogP contribution in [0.4, 0.5) is 10.5 Å². The largest absolute Gasteiger partial charge is 0.611 e. The van der Waals surface area contributed by atoms with Crippen LogP contribution in [0.5, 0.6) is 0 Å². The molecule has 2 amide bonds. The van der Waals surface area contributed by atoms with Gasteiger partial charge in [0.1, 0.15) is 10.9 Å². The van der Waals surface area contributed by atoms with Gasteiger partial charge in [-0.05, 0) is 60.8 Å². The molecular formula is C21H24ClN3O2S. The van der Waals surface area contributed by atoms with Gasteiger partial charge in [-0.3, -0.25) is 4.90 Å². The highest BCUT2D eigenvalue weighted by Gasteiger charge is 2.47. The van der Waals surface area contributed by atoms with Crippen molar-refractivity contribution in [2.24, 2.45) is 0 Å². The number of rotatable bonds is 4. The van der Waals surface area contributed by atoms with Gasteiger partial charge < -0.3 is 9.87 Å². The first-order chi connectivity index (χ1) is 13.5. The summed E-state index contributed by atoms with van der Waals surface area (Å²) in [6.45, 7) is 2.99. The average molecular weight is 418 g/mol. The molecule has 148 valence electrons. The van der Waals surface area contributed by atoms with Gasteiger partial charge in [0.25, 0.3) is 0 Å². The summed E-state index contributed by atoms with van der Waals surface area (Å²) in [4.78, 5) is 20.1. The minimum atomic E-state index is -0.959. The molecule has 1 N–H and O–H groups in total. The van der Waals surface area contributed by atoms with E-state index in [4.69, 9.17) is 11.6 Å². The topological polar surface area (TPSA) is 68.3 Å². The van der Waals surface area contributed by atoms with Crippen LogP contribution in [0, 0.1) is 0 Å². The molecule has 1 aliphatic heterocycles. The van der Waals surface area contributed by atoms with E-state index in [2.05, 4.69) is 10.3 Å². The van der Waals surface area contributed by atoms with Gasteiger partial charge in [-0.15, -0.1) is 0 Å². The van der Waals surface area contributed by atoms with Crippen molar-refractivity contribution >= 4 is 34.5 Å². The molecule has 2 aromatic rings. The summed E-state index contributed by atoms with van der Waals surface area (Å²) < 4.78 is 11.8. The van der Waals surface area contributed by atoms with E-state index in [1.54, 1.807) is 6.07 Å². The predicted octanol–water partition coefficient (Wildman–Crippen LogP) is 4.40. The summed E-state index contributed by atoms with van der Waals surface area (Å²) >= 11 is 5.19. The van der Waals surface area contributed by atoms with Gasteiger partial charge in [-0.25, -0.2) is 9.78 Å². The van der Waals surface area contributed by atoms with Crippen molar-refractivity contribution in [1.82, 2.24) is 10.3 Å². The van der Waals surface area contributed by atoms with Crippen LogP contribution in [0.2, 0.25) is 5.15 Å². The molecule has 1 fully saturated rings. The third kappa shape index (κ3) is 3.61. The fourth-order valence-electron chi connectivity index (χ4n) is 4.33. The second-order valence-corrected chi connectivity index (χ2v) is 9.64. The van der Waals surface area contributed by atoms with Gasteiger partial charge >= 0.3 is 6.03 Å². The molecule has 5 nitrogen and oxygen atoms in total.